The van der Waals surface area contributed by atoms with Crippen molar-refractivity contribution >= 4 is 11.8 Å². The summed E-state index contributed by atoms with van der Waals surface area (Å²) in [4.78, 5) is 27.1. The highest BCUT2D eigenvalue weighted by Gasteiger charge is 2.74. The topological polar surface area (TPSA) is 104 Å². The highest BCUT2D eigenvalue weighted by Crippen LogP contribution is 2.70. The van der Waals surface area contributed by atoms with Crippen molar-refractivity contribution in [1.29, 1.82) is 0 Å². The fourth-order valence-corrected chi connectivity index (χ4v) is 8.34. The molecule has 6 heteroatoms. The van der Waals surface area contributed by atoms with Crippen molar-refractivity contribution < 1.29 is 29.6 Å². The van der Waals surface area contributed by atoms with E-state index < -0.39 is 41.7 Å². The predicted octanol–water partition coefficient (Wildman–Crippen LogP) is 5.82. The fourth-order valence-electron chi connectivity index (χ4n) is 8.34. The minimum absolute atomic E-state index is 0.00424. The van der Waals surface area contributed by atoms with Gasteiger partial charge in [-0.25, -0.2) is 0 Å². The van der Waals surface area contributed by atoms with E-state index in [0.29, 0.717) is 17.9 Å². The van der Waals surface area contributed by atoms with Gasteiger partial charge in [0, 0.05) is 12.3 Å². The Hall–Kier alpha value is -1.50. The van der Waals surface area contributed by atoms with Crippen LogP contribution in [0, 0.1) is 28.6 Å². The van der Waals surface area contributed by atoms with Gasteiger partial charge in [0.25, 0.3) is 0 Å². The summed E-state index contributed by atoms with van der Waals surface area (Å²) in [7, 11) is 0. The van der Waals surface area contributed by atoms with E-state index in [1.54, 1.807) is 19.1 Å². The first-order valence-electron chi connectivity index (χ1n) is 15.7. The number of carbonyl (C=O) groups is 2. The van der Waals surface area contributed by atoms with Crippen LogP contribution < -0.4 is 0 Å². The summed E-state index contributed by atoms with van der Waals surface area (Å²) in [5.74, 6) is -0.543. The standard InChI is InChI=1S/C33H52O6/c1-5-6-7-8-9-10-11-12-13-14-15-16-26(35)39-30-22(2)20-32-18-17-25-27(31(25,3)4)24(29(32)37)19-23(21-34)28(36)33(30,32)38/h19-20,24-25,27-28,30,34,36,38H,5-18,21H2,1-4H3. The smallest absolute Gasteiger partial charge is 0.306 e. The maximum absolute atomic E-state index is 14.2. The lowest BCUT2D eigenvalue weighted by atomic mass is 9.63. The Morgan fingerprint density at radius 2 is 1.62 bits per heavy atom. The summed E-state index contributed by atoms with van der Waals surface area (Å²) in [6.07, 6.45) is 15.3. The molecule has 220 valence electrons. The number of ketones is 1. The van der Waals surface area contributed by atoms with Gasteiger partial charge in [0.2, 0.25) is 0 Å². The molecule has 0 saturated heterocycles. The maximum atomic E-state index is 14.2. The Bertz CT molecular complexity index is 965. The minimum Gasteiger partial charge on any atom is -0.455 e. The van der Waals surface area contributed by atoms with Gasteiger partial charge in [0.1, 0.15) is 6.10 Å². The molecular weight excluding hydrogens is 492 g/mol. The summed E-state index contributed by atoms with van der Waals surface area (Å²) < 4.78 is 5.88. The Morgan fingerprint density at radius 3 is 2.21 bits per heavy atom. The molecular formula is C33H52O6. The predicted molar refractivity (Wildman–Crippen MR) is 152 cm³/mol. The second-order valence-corrected chi connectivity index (χ2v) is 13.5. The van der Waals surface area contributed by atoms with Crippen molar-refractivity contribution in [2.75, 3.05) is 6.61 Å². The molecule has 0 radical (unpaired) electrons. The fraction of sp³-hybridized carbons (Fsp3) is 0.818. The van der Waals surface area contributed by atoms with Crippen LogP contribution in [0.3, 0.4) is 0 Å². The highest BCUT2D eigenvalue weighted by molar-refractivity contribution is 5.95. The summed E-state index contributed by atoms with van der Waals surface area (Å²) in [5, 5.41) is 33.9. The highest BCUT2D eigenvalue weighted by atomic mass is 16.6. The van der Waals surface area contributed by atoms with Crippen molar-refractivity contribution in [3.05, 3.63) is 23.3 Å². The molecule has 0 aliphatic heterocycles. The molecule has 7 atom stereocenters. The molecule has 0 aromatic carbocycles. The molecule has 0 aromatic rings. The van der Waals surface area contributed by atoms with E-state index in [4.69, 9.17) is 4.74 Å². The number of fused-ring (bicyclic) bond motifs is 3. The van der Waals surface area contributed by atoms with E-state index in [-0.39, 0.29) is 29.1 Å². The molecule has 2 saturated carbocycles. The lowest BCUT2D eigenvalue weighted by molar-refractivity contribution is -0.197. The quantitative estimate of drug-likeness (QED) is 0.145. The Balaban J connectivity index is 1.36. The van der Waals surface area contributed by atoms with E-state index in [1.807, 2.05) is 0 Å². The summed E-state index contributed by atoms with van der Waals surface area (Å²) in [5.41, 5.74) is -2.50. The molecule has 0 amide bonds. The zero-order valence-electron chi connectivity index (χ0n) is 24.7. The number of carbonyl (C=O) groups excluding carboxylic acids is 2. The van der Waals surface area contributed by atoms with Gasteiger partial charge >= 0.3 is 5.97 Å². The Labute approximate surface area is 235 Å². The van der Waals surface area contributed by atoms with Crippen LogP contribution in [-0.4, -0.2) is 51.5 Å². The first-order valence-corrected chi connectivity index (χ1v) is 15.7. The molecule has 6 nitrogen and oxygen atoms in total. The molecule has 4 aliphatic carbocycles. The average Bonchev–Trinajstić information content (AvgIpc) is 3.43. The largest absolute Gasteiger partial charge is 0.455 e. The third kappa shape index (κ3) is 5.42. The molecule has 0 aromatic heterocycles. The lowest BCUT2D eigenvalue weighted by Crippen LogP contribution is -2.63. The molecule has 1 spiro atoms. The van der Waals surface area contributed by atoms with Gasteiger partial charge in [0.05, 0.1) is 12.0 Å². The molecule has 4 rings (SSSR count). The molecule has 3 N–H and O–H groups in total. The normalized spacial score (nSPS) is 36.3. The number of hydrogen-bond donors (Lipinski definition) is 3. The molecule has 2 fully saturated rings. The number of rotatable bonds is 14. The van der Waals surface area contributed by atoms with Crippen LogP contribution in [0.15, 0.2) is 23.3 Å². The number of ether oxygens (including phenoxy) is 1. The van der Waals surface area contributed by atoms with Gasteiger partial charge in [-0.1, -0.05) is 97.1 Å². The zero-order valence-corrected chi connectivity index (χ0v) is 24.7. The van der Waals surface area contributed by atoms with Gasteiger partial charge in [0.15, 0.2) is 17.5 Å². The van der Waals surface area contributed by atoms with Crippen LogP contribution >= 0.6 is 0 Å². The summed E-state index contributed by atoms with van der Waals surface area (Å²) in [6, 6.07) is 0. The van der Waals surface area contributed by atoms with Crippen LogP contribution in [0.1, 0.15) is 118 Å². The van der Waals surface area contributed by atoms with Crippen LogP contribution in [0.25, 0.3) is 0 Å². The monoisotopic (exact) mass is 544 g/mol. The number of esters is 1. The SMILES string of the molecule is CCCCCCCCCCCCCC(=O)OC1C(C)=CC23CCC4C(C(C=C(CO)C(O)C12O)C3=O)C4(C)C. The summed E-state index contributed by atoms with van der Waals surface area (Å²) >= 11 is 0. The summed E-state index contributed by atoms with van der Waals surface area (Å²) in [6.45, 7) is 7.89. The van der Waals surface area contributed by atoms with Gasteiger partial charge in [-0.3, -0.25) is 9.59 Å². The van der Waals surface area contributed by atoms with E-state index in [9.17, 15) is 24.9 Å². The number of allylic oxidation sites excluding steroid dienone is 1. The Morgan fingerprint density at radius 1 is 1.03 bits per heavy atom. The molecule has 0 heterocycles. The second-order valence-electron chi connectivity index (χ2n) is 13.5. The van der Waals surface area contributed by atoms with Crippen LogP contribution in [-0.2, 0) is 14.3 Å². The van der Waals surface area contributed by atoms with Crippen LogP contribution in [0.4, 0.5) is 0 Å². The number of Topliss-reactive ketones (excluding diaryl/α,β-unsaturated/α-hetero) is 1. The number of aliphatic hydroxyl groups is 3. The number of hydrogen-bond acceptors (Lipinski definition) is 6. The van der Waals surface area contributed by atoms with Crippen LogP contribution in [0.2, 0.25) is 0 Å². The third-order valence-electron chi connectivity index (χ3n) is 10.7. The van der Waals surface area contributed by atoms with E-state index in [1.165, 1.54) is 51.4 Å². The maximum Gasteiger partial charge on any atom is 0.306 e. The minimum atomic E-state index is -2.02. The van der Waals surface area contributed by atoms with E-state index in [0.717, 1.165) is 25.7 Å². The lowest BCUT2D eigenvalue weighted by Gasteiger charge is -2.46. The average molecular weight is 545 g/mol. The molecule has 7 unspecified atom stereocenters. The van der Waals surface area contributed by atoms with Gasteiger partial charge in [-0.15, -0.1) is 0 Å². The van der Waals surface area contributed by atoms with E-state index >= 15 is 0 Å². The van der Waals surface area contributed by atoms with Crippen molar-refractivity contribution in [3.8, 4) is 0 Å². The number of unbranched alkanes of at least 4 members (excludes halogenated alkanes) is 10. The zero-order chi connectivity index (χ0) is 28.4. The van der Waals surface area contributed by atoms with E-state index in [2.05, 4.69) is 20.8 Å². The Kier molecular flexibility index (Phi) is 9.50. The molecule has 2 bridgehead atoms. The molecule has 4 aliphatic rings. The third-order valence-corrected chi connectivity index (χ3v) is 10.7. The number of aliphatic hydroxyl groups excluding tert-OH is 2. The first kappa shape index (κ1) is 30.5. The van der Waals surface area contributed by atoms with Gasteiger partial charge < -0.3 is 20.1 Å². The van der Waals surface area contributed by atoms with Crippen molar-refractivity contribution in [3.63, 3.8) is 0 Å². The van der Waals surface area contributed by atoms with Gasteiger partial charge in [-0.05, 0) is 54.6 Å². The van der Waals surface area contributed by atoms with Crippen molar-refractivity contribution in [2.45, 2.75) is 135 Å². The first-order chi connectivity index (χ1) is 18.6. The van der Waals surface area contributed by atoms with Crippen LogP contribution in [0.5, 0.6) is 0 Å². The molecule has 39 heavy (non-hydrogen) atoms. The van der Waals surface area contributed by atoms with Crippen molar-refractivity contribution in [1.82, 2.24) is 0 Å². The second kappa shape index (κ2) is 12.2. The van der Waals surface area contributed by atoms with Gasteiger partial charge in [-0.2, -0.15) is 0 Å². The van der Waals surface area contributed by atoms with Crippen molar-refractivity contribution in [2.24, 2.45) is 28.6 Å².